The van der Waals surface area contributed by atoms with Crippen molar-refractivity contribution in [2.45, 2.75) is 19.3 Å². The highest BCUT2D eigenvalue weighted by atomic mass is 32.1. The zero-order chi connectivity index (χ0) is 34.1. The van der Waals surface area contributed by atoms with Gasteiger partial charge in [0.2, 0.25) is 0 Å². The molecule has 0 unspecified atom stereocenters. The lowest BCUT2D eigenvalue weighted by Gasteiger charge is -2.30. The van der Waals surface area contributed by atoms with Gasteiger partial charge >= 0.3 is 0 Å². The molecule has 1 aliphatic carbocycles. The quantitative estimate of drug-likeness (QED) is 0.176. The topological polar surface area (TPSA) is 3.24 Å². The molecule has 1 aliphatic rings. The number of hydrogen-bond acceptors (Lipinski definition) is 2. The van der Waals surface area contributed by atoms with Crippen molar-refractivity contribution in [2.24, 2.45) is 0 Å². The Labute approximate surface area is 302 Å². The summed E-state index contributed by atoms with van der Waals surface area (Å²) < 4.78 is 2.66. The molecule has 0 bridgehead atoms. The number of thiophene rings is 1. The van der Waals surface area contributed by atoms with Crippen LogP contribution in [0.5, 0.6) is 0 Å². The lowest BCUT2D eigenvalue weighted by molar-refractivity contribution is 0.660. The third kappa shape index (κ3) is 4.60. The van der Waals surface area contributed by atoms with Crippen molar-refractivity contribution >= 4 is 59.3 Å². The van der Waals surface area contributed by atoms with E-state index >= 15 is 0 Å². The van der Waals surface area contributed by atoms with E-state index in [9.17, 15) is 0 Å². The average molecular weight is 670 g/mol. The van der Waals surface area contributed by atoms with Crippen LogP contribution in [0.1, 0.15) is 25.0 Å². The molecule has 0 aliphatic heterocycles. The molecule has 2 heteroatoms. The van der Waals surface area contributed by atoms with Crippen molar-refractivity contribution in [1.82, 2.24) is 0 Å². The highest BCUT2D eigenvalue weighted by molar-refractivity contribution is 7.26. The van der Waals surface area contributed by atoms with Gasteiger partial charge in [0.25, 0.3) is 0 Å². The Morgan fingerprint density at radius 1 is 0.431 bits per heavy atom. The fraction of sp³-hybridized carbons (Fsp3) is 0.0612. The van der Waals surface area contributed by atoms with E-state index in [-0.39, 0.29) is 5.41 Å². The second-order valence-electron chi connectivity index (χ2n) is 14.1. The molecule has 1 aromatic heterocycles. The minimum absolute atomic E-state index is 0.0945. The average Bonchev–Trinajstić information content (AvgIpc) is 3.68. The minimum Gasteiger partial charge on any atom is -0.309 e. The van der Waals surface area contributed by atoms with Gasteiger partial charge in [0.05, 0.1) is 11.4 Å². The number of para-hydroxylation sites is 1. The maximum Gasteiger partial charge on any atom is 0.0543 e. The SMILES string of the molecule is CC1(C)c2ccccc2-c2c(N(c3ccc(-c4cc5sc6ccccc6c5c5ccccc45)cc3)c3ccccc3-c3ccccc3)cccc21. The summed E-state index contributed by atoms with van der Waals surface area (Å²) in [6.45, 7) is 4.71. The molecule has 51 heavy (non-hydrogen) atoms. The Kier molecular flexibility index (Phi) is 6.78. The largest absolute Gasteiger partial charge is 0.309 e. The van der Waals surface area contributed by atoms with E-state index in [0.29, 0.717) is 0 Å². The first-order valence-electron chi connectivity index (χ1n) is 17.7. The first-order chi connectivity index (χ1) is 25.1. The van der Waals surface area contributed by atoms with Gasteiger partial charge in [-0.1, -0.05) is 153 Å². The van der Waals surface area contributed by atoms with Gasteiger partial charge in [0, 0.05) is 42.4 Å². The van der Waals surface area contributed by atoms with Crippen LogP contribution in [0.3, 0.4) is 0 Å². The van der Waals surface area contributed by atoms with Crippen molar-refractivity contribution in [3.63, 3.8) is 0 Å². The second kappa shape index (κ2) is 11.6. The van der Waals surface area contributed by atoms with E-state index in [1.54, 1.807) is 0 Å². The Bertz CT molecular complexity index is 2770. The van der Waals surface area contributed by atoms with Crippen molar-refractivity contribution in [2.75, 3.05) is 4.90 Å². The maximum absolute atomic E-state index is 2.48. The van der Waals surface area contributed by atoms with Gasteiger partial charge in [-0.25, -0.2) is 0 Å². The van der Waals surface area contributed by atoms with E-state index in [2.05, 4.69) is 195 Å². The molecule has 1 nitrogen and oxygen atoms in total. The molecule has 0 fully saturated rings. The number of benzene rings is 8. The van der Waals surface area contributed by atoms with Crippen molar-refractivity contribution in [1.29, 1.82) is 0 Å². The third-order valence-electron chi connectivity index (χ3n) is 10.9. The molecule has 0 spiro atoms. The van der Waals surface area contributed by atoms with Crippen LogP contribution in [0.25, 0.3) is 64.3 Å². The zero-order valence-electron chi connectivity index (χ0n) is 28.6. The standard InChI is InChI=1S/C49H35NS/c1-49(2)41-22-11-8-20-38(41)48-42(49)23-14-25-44(48)50(43-24-12-9-17-35(43)32-15-4-3-5-16-32)34-29-27-33(28-30-34)40-31-46-47(37-19-7-6-18-36(37)40)39-21-10-13-26-45(39)51-46/h3-31H,1-2H3. The molecular formula is C49H35NS. The number of anilines is 3. The van der Waals surface area contributed by atoms with Gasteiger partial charge in [-0.15, -0.1) is 11.3 Å². The van der Waals surface area contributed by atoms with Crippen LogP contribution in [0.2, 0.25) is 0 Å². The zero-order valence-corrected chi connectivity index (χ0v) is 29.4. The highest BCUT2D eigenvalue weighted by Crippen LogP contribution is 2.55. The number of rotatable bonds is 5. The molecule has 0 amide bonds. The summed E-state index contributed by atoms with van der Waals surface area (Å²) in [5.41, 5.74) is 13.6. The lowest BCUT2D eigenvalue weighted by Crippen LogP contribution is -2.16. The van der Waals surface area contributed by atoms with Gasteiger partial charge in [-0.3, -0.25) is 0 Å². The summed E-state index contributed by atoms with van der Waals surface area (Å²) in [7, 11) is 0. The summed E-state index contributed by atoms with van der Waals surface area (Å²) in [6.07, 6.45) is 0. The summed E-state index contributed by atoms with van der Waals surface area (Å²) in [6, 6.07) is 64.7. The van der Waals surface area contributed by atoms with Gasteiger partial charge < -0.3 is 4.90 Å². The van der Waals surface area contributed by atoms with E-state index in [1.807, 2.05) is 11.3 Å². The Morgan fingerprint density at radius 3 is 1.86 bits per heavy atom. The van der Waals surface area contributed by atoms with E-state index < -0.39 is 0 Å². The van der Waals surface area contributed by atoms with Gasteiger partial charge in [-0.05, 0) is 80.6 Å². The smallest absolute Gasteiger partial charge is 0.0543 e. The molecule has 0 saturated heterocycles. The molecule has 0 N–H and O–H groups in total. The first-order valence-corrected chi connectivity index (χ1v) is 18.5. The molecule has 1 heterocycles. The number of nitrogens with zero attached hydrogens (tertiary/aromatic N) is 1. The molecule has 0 radical (unpaired) electrons. The van der Waals surface area contributed by atoms with Crippen LogP contribution in [-0.4, -0.2) is 0 Å². The predicted molar refractivity (Wildman–Crippen MR) is 220 cm³/mol. The van der Waals surface area contributed by atoms with Gasteiger partial charge in [-0.2, -0.15) is 0 Å². The van der Waals surface area contributed by atoms with Crippen molar-refractivity contribution < 1.29 is 0 Å². The monoisotopic (exact) mass is 669 g/mol. The molecule has 0 saturated carbocycles. The van der Waals surface area contributed by atoms with Crippen LogP contribution < -0.4 is 4.90 Å². The van der Waals surface area contributed by atoms with E-state index in [0.717, 1.165) is 11.4 Å². The molecular weight excluding hydrogens is 635 g/mol. The van der Waals surface area contributed by atoms with Crippen molar-refractivity contribution in [3.8, 4) is 33.4 Å². The predicted octanol–water partition coefficient (Wildman–Crippen LogP) is 14.3. The van der Waals surface area contributed by atoms with Gasteiger partial charge in [0.1, 0.15) is 0 Å². The normalized spacial score (nSPS) is 13.1. The molecule has 10 rings (SSSR count). The molecule has 8 aromatic carbocycles. The Morgan fingerprint density at radius 2 is 1.04 bits per heavy atom. The van der Waals surface area contributed by atoms with Crippen LogP contribution in [0.15, 0.2) is 176 Å². The number of hydrogen-bond donors (Lipinski definition) is 0. The summed E-state index contributed by atoms with van der Waals surface area (Å²) >= 11 is 1.88. The van der Waals surface area contributed by atoms with E-state index in [4.69, 9.17) is 0 Å². The van der Waals surface area contributed by atoms with Crippen LogP contribution >= 0.6 is 11.3 Å². The summed E-state index contributed by atoms with van der Waals surface area (Å²) in [4.78, 5) is 2.48. The number of fused-ring (bicyclic) bond motifs is 8. The lowest BCUT2D eigenvalue weighted by atomic mass is 9.82. The molecule has 9 aromatic rings. The second-order valence-corrected chi connectivity index (χ2v) is 15.2. The Balaban J connectivity index is 1.19. The molecule has 242 valence electrons. The third-order valence-corrected chi connectivity index (χ3v) is 12.0. The summed E-state index contributed by atoms with van der Waals surface area (Å²) in [5, 5.41) is 5.29. The van der Waals surface area contributed by atoms with Crippen LogP contribution in [0, 0.1) is 0 Å². The van der Waals surface area contributed by atoms with E-state index in [1.165, 1.54) is 81.1 Å². The molecule has 0 atom stereocenters. The maximum atomic E-state index is 2.48. The first kappa shape index (κ1) is 29.9. The van der Waals surface area contributed by atoms with Gasteiger partial charge in [0.15, 0.2) is 0 Å². The van der Waals surface area contributed by atoms with Crippen molar-refractivity contribution in [3.05, 3.63) is 187 Å². The summed E-state index contributed by atoms with van der Waals surface area (Å²) in [5.74, 6) is 0. The Hall–Kier alpha value is -5.96. The minimum atomic E-state index is -0.0945. The van der Waals surface area contributed by atoms with Crippen LogP contribution in [-0.2, 0) is 5.41 Å². The fourth-order valence-electron chi connectivity index (χ4n) is 8.48. The highest BCUT2D eigenvalue weighted by Gasteiger charge is 2.37. The fourth-order valence-corrected chi connectivity index (χ4v) is 9.64. The van der Waals surface area contributed by atoms with Crippen LogP contribution in [0.4, 0.5) is 17.1 Å².